The van der Waals surface area contributed by atoms with Gasteiger partial charge in [-0.1, -0.05) is 24.3 Å². The van der Waals surface area contributed by atoms with E-state index >= 15 is 0 Å². The molecule has 0 aliphatic heterocycles. The van der Waals surface area contributed by atoms with Gasteiger partial charge in [-0.15, -0.1) is 11.3 Å². The third kappa shape index (κ3) is 3.59. The van der Waals surface area contributed by atoms with Crippen LogP contribution in [-0.2, 0) is 0 Å². The van der Waals surface area contributed by atoms with Gasteiger partial charge in [-0.25, -0.2) is 4.98 Å². The number of alkyl halides is 2. The number of hydrogen-bond donors (Lipinski definition) is 0. The smallest absolute Gasteiger partial charge is 0.387 e. The van der Waals surface area contributed by atoms with E-state index in [2.05, 4.69) is 15.8 Å². The van der Waals surface area contributed by atoms with E-state index in [1.165, 1.54) is 30.6 Å². The highest BCUT2D eigenvalue weighted by atomic mass is 32.1. The highest BCUT2D eigenvalue weighted by molar-refractivity contribution is 7.19. The SMILES string of the molecule is COc1cccc(/C=C(\C#N)c2nc3ccccc3s2)c1OC(F)F. The molecule has 126 valence electrons. The molecule has 0 amide bonds. The highest BCUT2D eigenvalue weighted by Gasteiger charge is 2.16. The van der Waals surface area contributed by atoms with Crippen LogP contribution < -0.4 is 9.47 Å². The lowest BCUT2D eigenvalue weighted by atomic mass is 10.1. The van der Waals surface area contributed by atoms with Gasteiger partial charge in [0.05, 0.1) is 22.9 Å². The summed E-state index contributed by atoms with van der Waals surface area (Å²) in [4.78, 5) is 4.42. The van der Waals surface area contributed by atoms with Crippen LogP contribution in [0, 0.1) is 11.3 Å². The number of methoxy groups -OCH3 is 1. The summed E-state index contributed by atoms with van der Waals surface area (Å²) in [7, 11) is 1.36. The molecule has 0 saturated carbocycles. The minimum Gasteiger partial charge on any atom is -0.493 e. The summed E-state index contributed by atoms with van der Waals surface area (Å²) in [6, 6.07) is 14.3. The van der Waals surface area contributed by atoms with Gasteiger partial charge < -0.3 is 9.47 Å². The molecule has 0 aliphatic carbocycles. The van der Waals surface area contributed by atoms with Crippen molar-refractivity contribution >= 4 is 33.2 Å². The number of nitrogens with zero attached hydrogens (tertiary/aromatic N) is 2. The summed E-state index contributed by atoms with van der Waals surface area (Å²) < 4.78 is 36.0. The second-order valence-corrected chi connectivity index (χ2v) is 5.94. The van der Waals surface area contributed by atoms with Crippen LogP contribution in [0.2, 0.25) is 0 Å². The van der Waals surface area contributed by atoms with Gasteiger partial charge in [0, 0.05) is 5.56 Å². The first kappa shape index (κ1) is 16.9. The molecule has 0 aliphatic rings. The van der Waals surface area contributed by atoms with E-state index in [9.17, 15) is 14.0 Å². The van der Waals surface area contributed by atoms with E-state index < -0.39 is 6.61 Å². The van der Waals surface area contributed by atoms with Crippen LogP contribution in [0.25, 0.3) is 21.9 Å². The average molecular weight is 358 g/mol. The molecule has 0 unspecified atom stereocenters. The third-order valence-electron chi connectivity index (χ3n) is 3.38. The molecule has 0 spiro atoms. The van der Waals surface area contributed by atoms with Crippen molar-refractivity contribution in [3.8, 4) is 17.6 Å². The van der Waals surface area contributed by atoms with Crippen molar-refractivity contribution in [3.63, 3.8) is 0 Å². The molecule has 3 rings (SSSR count). The zero-order valence-electron chi connectivity index (χ0n) is 13.1. The Morgan fingerprint density at radius 2 is 2.04 bits per heavy atom. The summed E-state index contributed by atoms with van der Waals surface area (Å²) in [6.07, 6.45) is 1.47. The molecule has 3 aromatic rings. The number of aromatic nitrogens is 1. The number of benzene rings is 2. The first-order valence-electron chi connectivity index (χ1n) is 7.22. The molecule has 7 heteroatoms. The lowest BCUT2D eigenvalue weighted by Crippen LogP contribution is -2.05. The Balaban J connectivity index is 2.09. The number of rotatable bonds is 5. The summed E-state index contributed by atoms with van der Waals surface area (Å²) in [6.45, 7) is -3.00. The predicted octanol–water partition coefficient (Wildman–Crippen LogP) is 4.97. The first-order chi connectivity index (χ1) is 12.1. The molecular weight excluding hydrogens is 346 g/mol. The minimum absolute atomic E-state index is 0.117. The first-order valence-corrected chi connectivity index (χ1v) is 8.03. The van der Waals surface area contributed by atoms with Crippen LogP contribution in [-0.4, -0.2) is 18.7 Å². The molecule has 4 nitrogen and oxygen atoms in total. The molecule has 2 aromatic carbocycles. The Labute approximate surface area is 146 Å². The quantitative estimate of drug-likeness (QED) is 0.604. The number of allylic oxidation sites excluding steroid dienone is 1. The van der Waals surface area contributed by atoms with E-state index in [-0.39, 0.29) is 17.1 Å². The summed E-state index contributed by atoms with van der Waals surface area (Å²) in [5.41, 5.74) is 1.35. The predicted molar refractivity (Wildman–Crippen MR) is 92.7 cm³/mol. The van der Waals surface area contributed by atoms with E-state index in [1.807, 2.05) is 24.3 Å². The molecule has 0 radical (unpaired) electrons. The number of nitriles is 1. The standard InChI is InChI=1S/C18H12F2N2O2S/c1-23-14-7-4-5-11(16(14)24-18(19)20)9-12(10-21)17-22-13-6-2-3-8-15(13)25-17/h2-9,18H,1H3/b12-9+. The maximum atomic E-state index is 12.7. The zero-order chi connectivity index (χ0) is 17.8. The second-order valence-electron chi connectivity index (χ2n) is 4.91. The van der Waals surface area contributed by atoms with Crippen molar-refractivity contribution in [1.29, 1.82) is 5.26 Å². The summed E-state index contributed by atoms with van der Waals surface area (Å²) >= 11 is 1.36. The Hall–Kier alpha value is -2.98. The van der Waals surface area contributed by atoms with Crippen molar-refractivity contribution in [1.82, 2.24) is 4.98 Å². The average Bonchev–Trinajstić information content (AvgIpc) is 3.04. The fraction of sp³-hybridized carbons (Fsp3) is 0.111. The van der Waals surface area contributed by atoms with Gasteiger partial charge in [0.25, 0.3) is 0 Å². The van der Waals surface area contributed by atoms with Crippen LogP contribution in [0.1, 0.15) is 10.6 Å². The Morgan fingerprint density at radius 3 is 2.72 bits per heavy atom. The van der Waals surface area contributed by atoms with Crippen LogP contribution >= 0.6 is 11.3 Å². The zero-order valence-corrected chi connectivity index (χ0v) is 13.9. The molecule has 1 heterocycles. The highest BCUT2D eigenvalue weighted by Crippen LogP contribution is 2.35. The maximum absolute atomic E-state index is 12.7. The van der Waals surface area contributed by atoms with E-state index in [0.29, 0.717) is 10.6 Å². The molecule has 0 N–H and O–H groups in total. The second kappa shape index (κ2) is 7.28. The van der Waals surface area contributed by atoms with Gasteiger partial charge in [0.15, 0.2) is 11.5 Å². The molecule has 0 bridgehead atoms. The molecule has 0 fully saturated rings. The summed E-state index contributed by atoms with van der Waals surface area (Å²) in [5, 5.41) is 10.0. The number of hydrogen-bond acceptors (Lipinski definition) is 5. The van der Waals surface area contributed by atoms with Crippen LogP contribution in [0.3, 0.4) is 0 Å². The van der Waals surface area contributed by atoms with Gasteiger partial charge in [-0.3, -0.25) is 0 Å². The Kier molecular flexibility index (Phi) is 4.91. The van der Waals surface area contributed by atoms with Crippen LogP contribution in [0.4, 0.5) is 8.78 Å². The fourth-order valence-corrected chi connectivity index (χ4v) is 3.24. The number of para-hydroxylation sites is 2. The molecule has 25 heavy (non-hydrogen) atoms. The number of ether oxygens (including phenoxy) is 2. The van der Waals surface area contributed by atoms with Crippen molar-refractivity contribution < 1.29 is 18.3 Å². The minimum atomic E-state index is -3.00. The van der Waals surface area contributed by atoms with E-state index in [0.717, 1.165) is 10.2 Å². The van der Waals surface area contributed by atoms with Gasteiger partial charge in [-0.05, 0) is 24.3 Å². The Morgan fingerprint density at radius 1 is 1.24 bits per heavy atom. The largest absolute Gasteiger partial charge is 0.493 e. The fourth-order valence-electron chi connectivity index (χ4n) is 2.31. The Bertz CT molecular complexity index is 944. The molecule has 0 atom stereocenters. The van der Waals surface area contributed by atoms with Crippen LogP contribution in [0.15, 0.2) is 42.5 Å². The van der Waals surface area contributed by atoms with Crippen molar-refractivity contribution in [2.75, 3.05) is 7.11 Å². The van der Waals surface area contributed by atoms with Gasteiger partial charge in [0.1, 0.15) is 11.1 Å². The van der Waals surface area contributed by atoms with Crippen LogP contribution in [0.5, 0.6) is 11.5 Å². The van der Waals surface area contributed by atoms with Gasteiger partial charge >= 0.3 is 6.61 Å². The van der Waals surface area contributed by atoms with Crippen molar-refractivity contribution in [2.45, 2.75) is 6.61 Å². The molecule has 1 aromatic heterocycles. The summed E-state index contributed by atoms with van der Waals surface area (Å²) in [5.74, 6) is 0.0458. The monoisotopic (exact) mass is 358 g/mol. The third-order valence-corrected chi connectivity index (χ3v) is 4.45. The molecular formula is C18H12F2N2O2S. The molecule has 0 saturated heterocycles. The number of halogens is 2. The maximum Gasteiger partial charge on any atom is 0.387 e. The normalized spacial score (nSPS) is 11.6. The number of thiazole rings is 1. The van der Waals surface area contributed by atoms with Gasteiger partial charge in [0.2, 0.25) is 0 Å². The lowest BCUT2D eigenvalue weighted by molar-refractivity contribution is -0.0513. The van der Waals surface area contributed by atoms with Gasteiger partial charge in [-0.2, -0.15) is 14.0 Å². The van der Waals surface area contributed by atoms with Crippen molar-refractivity contribution in [3.05, 3.63) is 53.0 Å². The topological polar surface area (TPSA) is 55.1 Å². The number of fused-ring (bicyclic) bond motifs is 1. The van der Waals surface area contributed by atoms with E-state index in [4.69, 9.17) is 4.74 Å². The van der Waals surface area contributed by atoms with E-state index in [1.54, 1.807) is 12.1 Å². The van der Waals surface area contributed by atoms with Crippen molar-refractivity contribution in [2.24, 2.45) is 0 Å². The lowest BCUT2D eigenvalue weighted by Gasteiger charge is -2.12.